The summed E-state index contributed by atoms with van der Waals surface area (Å²) in [5.74, 6) is 0.853. The summed E-state index contributed by atoms with van der Waals surface area (Å²) < 4.78 is 6.63. The molecule has 1 heterocycles. The first-order chi connectivity index (χ1) is 11.1. The van der Waals surface area contributed by atoms with Crippen molar-refractivity contribution in [3.8, 4) is 0 Å². The third kappa shape index (κ3) is 2.19. The van der Waals surface area contributed by atoms with Gasteiger partial charge in [-0.15, -0.1) is 0 Å². The fraction of sp³-hybridized carbons (Fsp3) is 0.944. The molecule has 128 valence electrons. The van der Waals surface area contributed by atoms with Crippen molar-refractivity contribution in [3.05, 3.63) is 0 Å². The zero-order valence-corrected chi connectivity index (χ0v) is 13.5. The zero-order valence-electron chi connectivity index (χ0n) is 13.5. The Labute approximate surface area is 136 Å². The van der Waals surface area contributed by atoms with Crippen molar-refractivity contribution in [2.75, 3.05) is 0 Å². The molecule has 6 rings (SSSR count). The Hall–Kier alpha value is -0.650. The molecule has 6 fully saturated rings. The lowest BCUT2D eigenvalue weighted by Gasteiger charge is -2.57. The van der Waals surface area contributed by atoms with Crippen LogP contribution in [-0.4, -0.2) is 22.7 Å². The van der Waals surface area contributed by atoms with Crippen molar-refractivity contribution in [3.63, 3.8) is 0 Å². The summed E-state index contributed by atoms with van der Waals surface area (Å²) in [6.45, 7) is 0. The zero-order chi connectivity index (χ0) is 15.7. The van der Waals surface area contributed by atoms with Gasteiger partial charge >= 0.3 is 5.97 Å². The van der Waals surface area contributed by atoms with Gasteiger partial charge in [-0.05, 0) is 62.7 Å². The molecule has 1 aliphatic heterocycles. The lowest BCUT2D eigenvalue weighted by Crippen LogP contribution is -2.59. The van der Waals surface area contributed by atoms with E-state index in [4.69, 9.17) is 19.6 Å². The molecule has 0 amide bonds. The number of ether oxygens (including phenoxy) is 1. The van der Waals surface area contributed by atoms with Crippen LogP contribution in [0.4, 0.5) is 0 Å². The molecule has 0 aromatic carbocycles. The minimum Gasteiger partial charge on any atom is -0.481 e. The Morgan fingerprint density at radius 3 is 2.39 bits per heavy atom. The molecule has 0 aromatic heterocycles. The van der Waals surface area contributed by atoms with Crippen LogP contribution in [0.3, 0.4) is 0 Å². The highest BCUT2D eigenvalue weighted by Gasteiger charge is 2.66. The number of hydrogen-bond acceptors (Lipinski definition) is 4. The second-order valence-corrected chi connectivity index (χ2v) is 8.77. The molecule has 6 aliphatic rings. The van der Waals surface area contributed by atoms with Crippen LogP contribution in [0.15, 0.2) is 0 Å². The number of hydrogen-bond donors (Lipinski definition) is 1. The van der Waals surface area contributed by atoms with Gasteiger partial charge in [0.15, 0.2) is 0 Å². The van der Waals surface area contributed by atoms with Crippen molar-refractivity contribution in [2.24, 2.45) is 29.6 Å². The Morgan fingerprint density at radius 2 is 1.74 bits per heavy atom. The molecule has 4 bridgehead atoms. The molecular formula is C18H26O5. The molecule has 2 atom stereocenters. The molecule has 5 heteroatoms. The summed E-state index contributed by atoms with van der Waals surface area (Å²) in [6, 6.07) is 0. The number of carbonyl (C=O) groups is 1. The van der Waals surface area contributed by atoms with Crippen LogP contribution in [-0.2, 0) is 19.3 Å². The summed E-state index contributed by atoms with van der Waals surface area (Å²) >= 11 is 0. The van der Waals surface area contributed by atoms with Gasteiger partial charge < -0.3 is 9.84 Å². The SMILES string of the molecule is O=C(O)CC1CCCC2(C1)OOC1(O2)C2CC3CC(C2)CC1C3. The van der Waals surface area contributed by atoms with Gasteiger partial charge in [0.1, 0.15) is 0 Å². The predicted octanol–water partition coefficient (Wildman–Crippen LogP) is 3.48. The Morgan fingerprint density at radius 1 is 1.04 bits per heavy atom. The van der Waals surface area contributed by atoms with E-state index >= 15 is 0 Å². The lowest BCUT2D eigenvalue weighted by atomic mass is 9.53. The largest absolute Gasteiger partial charge is 0.481 e. The van der Waals surface area contributed by atoms with Gasteiger partial charge in [-0.1, -0.05) is 0 Å². The van der Waals surface area contributed by atoms with E-state index in [1.54, 1.807) is 0 Å². The molecule has 0 radical (unpaired) electrons. The molecular weight excluding hydrogens is 296 g/mol. The summed E-state index contributed by atoms with van der Waals surface area (Å²) in [5, 5.41) is 9.09. The van der Waals surface area contributed by atoms with E-state index < -0.39 is 17.5 Å². The maximum absolute atomic E-state index is 11.1. The van der Waals surface area contributed by atoms with Crippen LogP contribution >= 0.6 is 0 Å². The van der Waals surface area contributed by atoms with Crippen LogP contribution < -0.4 is 0 Å². The van der Waals surface area contributed by atoms with E-state index in [1.165, 1.54) is 32.1 Å². The van der Waals surface area contributed by atoms with Crippen LogP contribution in [0.25, 0.3) is 0 Å². The second-order valence-electron chi connectivity index (χ2n) is 8.77. The summed E-state index contributed by atoms with van der Waals surface area (Å²) in [5.41, 5.74) is 0. The molecule has 5 saturated carbocycles. The normalized spacial score (nSPS) is 54.2. The molecule has 1 N–H and O–H groups in total. The smallest absolute Gasteiger partial charge is 0.303 e. The van der Waals surface area contributed by atoms with Crippen LogP contribution in [0.2, 0.25) is 0 Å². The number of rotatable bonds is 2. The van der Waals surface area contributed by atoms with Gasteiger partial charge in [-0.25, -0.2) is 0 Å². The minimum absolute atomic E-state index is 0.136. The van der Waals surface area contributed by atoms with Crippen LogP contribution in [0, 0.1) is 29.6 Å². The van der Waals surface area contributed by atoms with E-state index in [2.05, 4.69) is 0 Å². The van der Waals surface area contributed by atoms with E-state index in [1.807, 2.05) is 0 Å². The third-order valence-electron chi connectivity index (χ3n) is 7.18. The topological polar surface area (TPSA) is 65.0 Å². The number of carboxylic acid groups (broad SMARTS) is 1. The second kappa shape index (κ2) is 4.93. The lowest BCUT2D eigenvalue weighted by molar-refractivity contribution is -0.390. The summed E-state index contributed by atoms with van der Waals surface area (Å²) in [4.78, 5) is 22.9. The average Bonchev–Trinajstić information content (AvgIpc) is 2.84. The van der Waals surface area contributed by atoms with Gasteiger partial charge in [-0.2, -0.15) is 9.78 Å². The van der Waals surface area contributed by atoms with Gasteiger partial charge in [0, 0.05) is 31.1 Å². The van der Waals surface area contributed by atoms with Crippen LogP contribution in [0.5, 0.6) is 0 Å². The maximum atomic E-state index is 11.1. The van der Waals surface area contributed by atoms with E-state index in [0.717, 1.165) is 31.1 Å². The Bertz CT molecular complexity index is 490. The number of carboxylic acids is 1. The first kappa shape index (κ1) is 14.7. The van der Waals surface area contributed by atoms with E-state index in [9.17, 15) is 4.79 Å². The third-order valence-corrected chi connectivity index (χ3v) is 7.18. The Balaban J connectivity index is 1.37. The first-order valence-corrected chi connectivity index (χ1v) is 9.36. The van der Waals surface area contributed by atoms with Crippen molar-refractivity contribution in [1.82, 2.24) is 0 Å². The van der Waals surface area contributed by atoms with Gasteiger partial charge in [-0.3, -0.25) is 4.79 Å². The minimum atomic E-state index is -0.727. The standard InChI is InChI=1S/C18H26O5/c19-16(20)9-11-2-1-3-17(10-11)21-18(23-22-17)14-5-12-4-13(7-14)8-15(18)6-12/h11-15H,1-10H2,(H,19,20). The van der Waals surface area contributed by atoms with Gasteiger partial charge in [0.05, 0.1) is 0 Å². The fourth-order valence-electron chi connectivity index (χ4n) is 6.50. The number of aliphatic carboxylic acids is 1. The van der Waals surface area contributed by atoms with Crippen molar-refractivity contribution in [1.29, 1.82) is 0 Å². The highest BCUT2D eigenvalue weighted by Crippen LogP contribution is 2.63. The highest BCUT2D eigenvalue weighted by molar-refractivity contribution is 5.67. The van der Waals surface area contributed by atoms with Crippen LogP contribution in [0.1, 0.15) is 64.2 Å². The fourth-order valence-corrected chi connectivity index (χ4v) is 6.50. The Kier molecular flexibility index (Phi) is 3.14. The van der Waals surface area contributed by atoms with E-state index in [-0.39, 0.29) is 12.3 Å². The van der Waals surface area contributed by atoms with Crippen molar-refractivity contribution >= 4 is 5.97 Å². The monoisotopic (exact) mass is 322 g/mol. The van der Waals surface area contributed by atoms with Crippen molar-refractivity contribution in [2.45, 2.75) is 75.8 Å². The quantitative estimate of drug-likeness (QED) is 0.789. The molecule has 2 spiro atoms. The van der Waals surface area contributed by atoms with Crippen molar-refractivity contribution < 1.29 is 24.4 Å². The van der Waals surface area contributed by atoms with Gasteiger partial charge in [0.25, 0.3) is 0 Å². The maximum Gasteiger partial charge on any atom is 0.303 e. The average molecular weight is 322 g/mol. The summed E-state index contributed by atoms with van der Waals surface area (Å²) in [7, 11) is 0. The summed E-state index contributed by atoms with van der Waals surface area (Å²) in [6.07, 6.45) is 9.85. The molecule has 5 nitrogen and oxygen atoms in total. The molecule has 0 aromatic rings. The molecule has 23 heavy (non-hydrogen) atoms. The predicted molar refractivity (Wildman–Crippen MR) is 80.0 cm³/mol. The van der Waals surface area contributed by atoms with Gasteiger partial charge in [0.2, 0.25) is 11.6 Å². The highest BCUT2D eigenvalue weighted by atomic mass is 17.3. The molecule has 5 aliphatic carbocycles. The molecule has 1 saturated heterocycles. The first-order valence-electron chi connectivity index (χ1n) is 9.36. The van der Waals surface area contributed by atoms with E-state index in [0.29, 0.717) is 18.3 Å². The molecule has 2 unspecified atom stereocenters.